The monoisotopic (exact) mass is 246 g/mol. The molecule has 1 heterocycles. The molecule has 6 heteroatoms. The minimum absolute atomic E-state index is 0.389. The van der Waals surface area contributed by atoms with Crippen LogP contribution in [0.1, 0.15) is 0 Å². The number of H-pyrrole nitrogens is 2. The van der Waals surface area contributed by atoms with Gasteiger partial charge in [-0.15, -0.1) is 0 Å². The van der Waals surface area contributed by atoms with Crippen LogP contribution >= 0.6 is 0 Å². The Kier molecular flexibility index (Phi) is 3.59. The van der Waals surface area contributed by atoms with Crippen molar-refractivity contribution in [3.05, 3.63) is 51.2 Å². The normalized spacial score (nSPS) is 10.3. The second-order valence-electron chi connectivity index (χ2n) is 3.74. The largest absolute Gasteiger partial charge is 0.370 e. The van der Waals surface area contributed by atoms with Crippen LogP contribution in [0, 0.1) is 0 Å². The van der Waals surface area contributed by atoms with Crippen molar-refractivity contribution in [2.45, 2.75) is 0 Å². The molecule has 0 atom stereocenters. The minimum atomic E-state index is -0.542. The Labute approximate surface area is 103 Å². The van der Waals surface area contributed by atoms with Crippen LogP contribution in [0.3, 0.4) is 0 Å². The summed E-state index contributed by atoms with van der Waals surface area (Å²) in [6.07, 6.45) is 0. The van der Waals surface area contributed by atoms with Crippen molar-refractivity contribution >= 4 is 5.82 Å². The Morgan fingerprint density at radius 3 is 2.50 bits per heavy atom. The van der Waals surface area contributed by atoms with Gasteiger partial charge >= 0.3 is 5.69 Å². The van der Waals surface area contributed by atoms with Crippen LogP contribution in [0.25, 0.3) is 11.1 Å². The zero-order valence-corrected chi connectivity index (χ0v) is 9.69. The van der Waals surface area contributed by atoms with Crippen molar-refractivity contribution in [2.24, 2.45) is 5.73 Å². The molecular weight excluding hydrogens is 232 g/mol. The molecule has 0 radical (unpaired) electrons. The first kappa shape index (κ1) is 12.1. The molecule has 0 aliphatic carbocycles. The SMILES string of the molecule is NCCNc1[nH]c(=O)[nH]c(=O)c1-c1ccccc1. The van der Waals surface area contributed by atoms with Crippen molar-refractivity contribution in [1.82, 2.24) is 9.97 Å². The Balaban J connectivity index is 2.58. The molecule has 0 fully saturated rings. The van der Waals surface area contributed by atoms with E-state index in [2.05, 4.69) is 15.3 Å². The summed E-state index contributed by atoms with van der Waals surface area (Å²) in [6, 6.07) is 9.11. The first-order valence-electron chi connectivity index (χ1n) is 5.58. The number of aromatic amines is 2. The highest BCUT2D eigenvalue weighted by Crippen LogP contribution is 2.20. The molecule has 0 amide bonds. The molecular formula is C12H14N4O2. The summed E-state index contributed by atoms with van der Waals surface area (Å²) in [5.41, 5.74) is 5.57. The number of hydrogen-bond acceptors (Lipinski definition) is 4. The van der Waals surface area contributed by atoms with Gasteiger partial charge in [0, 0.05) is 13.1 Å². The van der Waals surface area contributed by atoms with Crippen molar-refractivity contribution in [3.63, 3.8) is 0 Å². The molecule has 6 nitrogen and oxygen atoms in total. The summed E-state index contributed by atoms with van der Waals surface area (Å²) in [5.74, 6) is 0.389. The summed E-state index contributed by atoms with van der Waals surface area (Å²) in [4.78, 5) is 27.9. The Morgan fingerprint density at radius 1 is 1.11 bits per heavy atom. The lowest BCUT2D eigenvalue weighted by molar-refractivity contribution is 0.981. The van der Waals surface area contributed by atoms with Crippen LogP contribution in [0.2, 0.25) is 0 Å². The van der Waals surface area contributed by atoms with Gasteiger partial charge in [0.05, 0.1) is 5.56 Å². The van der Waals surface area contributed by atoms with Gasteiger partial charge in [0.25, 0.3) is 5.56 Å². The quantitative estimate of drug-likeness (QED) is 0.614. The number of benzene rings is 1. The third-order valence-electron chi connectivity index (χ3n) is 2.45. The highest BCUT2D eigenvalue weighted by Gasteiger charge is 2.10. The molecule has 0 unspecified atom stereocenters. The summed E-state index contributed by atoms with van der Waals surface area (Å²) in [7, 11) is 0. The van der Waals surface area contributed by atoms with E-state index in [1.54, 1.807) is 12.1 Å². The average Bonchev–Trinajstić information content (AvgIpc) is 2.36. The minimum Gasteiger partial charge on any atom is -0.370 e. The van der Waals surface area contributed by atoms with Gasteiger partial charge in [-0.05, 0) is 5.56 Å². The molecule has 0 saturated heterocycles. The van der Waals surface area contributed by atoms with Gasteiger partial charge < -0.3 is 11.1 Å². The van der Waals surface area contributed by atoms with Crippen LogP contribution in [0.5, 0.6) is 0 Å². The first-order valence-corrected chi connectivity index (χ1v) is 5.58. The number of nitrogens with one attached hydrogen (secondary N) is 3. The van der Waals surface area contributed by atoms with Gasteiger partial charge in [-0.1, -0.05) is 30.3 Å². The lowest BCUT2D eigenvalue weighted by Crippen LogP contribution is -2.27. The van der Waals surface area contributed by atoms with Gasteiger partial charge in [0.1, 0.15) is 5.82 Å². The van der Waals surface area contributed by atoms with Crippen molar-refractivity contribution in [2.75, 3.05) is 18.4 Å². The van der Waals surface area contributed by atoms with Gasteiger partial charge in [-0.2, -0.15) is 0 Å². The van der Waals surface area contributed by atoms with Crippen molar-refractivity contribution < 1.29 is 0 Å². The summed E-state index contributed by atoms with van der Waals surface area (Å²) in [6.45, 7) is 0.877. The van der Waals surface area contributed by atoms with E-state index in [1.807, 2.05) is 18.2 Å². The molecule has 0 aliphatic rings. The first-order chi connectivity index (χ1) is 8.72. The third-order valence-corrected chi connectivity index (χ3v) is 2.45. The van der Waals surface area contributed by atoms with E-state index in [9.17, 15) is 9.59 Å². The zero-order chi connectivity index (χ0) is 13.0. The number of rotatable bonds is 4. The van der Waals surface area contributed by atoms with Gasteiger partial charge in [-0.25, -0.2) is 4.79 Å². The van der Waals surface area contributed by atoms with E-state index >= 15 is 0 Å². The summed E-state index contributed by atoms with van der Waals surface area (Å²) < 4.78 is 0. The lowest BCUT2D eigenvalue weighted by Gasteiger charge is -2.09. The van der Waals surface area contributed by atoms with Crippen LogP contribution < -0.4 is 22.3 Å². The van der Waals surface area contributed by atoms with Gasteiger partial charge in [0.15, 0.2) is 0 Å². The zero-order valence-electron chi connectivity index (χ0n) is 9.69. The summed E-state index contributed by atoms with van der Waals surface area (Å²) in [5, 5.41) is 2.94. The number of hydrogen-bond donors (Lipinski definition) is 4. The van der Waals surface area contributed by atoms with E-state index in [4.69, 9.17) is 5.73 Å². The highest BCUT2D eigenvalue weighted by molar-refractivity contribution is 5.73. The lowest BCUT2D eigenvalue weighted by atomic mass is 10.1. The van der Waals surface area contributed by atoms with Gasteiger partial charge in [-0.3, -0.25) is 14.8 Å². The molecule has 1 aromatic carbocycles. The summed E-state index contributed by atoms with van der Waals surface area (Å²) >= 11 is 0. The van der Waals surface area contributed by atoms with Crippen molar-refractivity contribution in [3.8, 4) is 11.1 Å². The molecule has 0 aliphatic heterocycles. The molecule has 0 bridgehead atoms. The predicted molar refractivity (Wildman–Crippen MR) is 70.7 cm³/mol. The van der Waals surface area contributed by atoms with Crippen LogP contribution in [-0.2, 0) is 0 Å². The standard InChI is InChI=1S/C12H14N4O2/c13-6-7-14-10-9(8-4-2-1-3-5-8)11(17)16-12(18)15-10/h1-5H,6-7,13H2,(H3,14,15,16,17,18). The van der Waals surface area contributed by atoms with E-state index < -0.39 is 11.2 Å². The Morgan fingerprint density at radius 2 is 1.83 bits per heavy atom. The van der Waals surface area contributed by atoms with E-state index in [-0.39, 0.29) is 0 Å². The second kappa shape index (κ2) is 5.33. The maximum absolute atomic E-state index is 11.9. The van der Waals surface area contributed by atoms with Crippen LogP contribution in [-0.4, -0.2) is 23.1 Å². The highest BCUT2D eigenvalue weighted by atomic mass is 16.2. The molecule has 0 saturated carbocycles. The van der Waals surface area contributed by atoms with Crippen LogP contribution in [0.15, 0.2) is 39.9 Å². The average molecular weight is 246 g/mol. The number of aromatic nitrogens is 2. The maximum Gasteiger partial charge on any atom is 0.327 e. The predicted octanol–water partition coefficient (Wildman–Crippen LogP) is 0.101. The second-order valence-corrected chi connectivity index (χ2v) is 3.74. The topological polar surface area (TPSA) is 104 Å². The fourth-order valence-electron chi connectivity index (χ4n) is 1.70. The molecule has 94 valence electrons. The van der Waals surface area contributed by atoms with Gasteiger partial charge in [0.2, 0.25) is 0 Å². The van der Waals surface area contributed by atoms with E-state index in [0.717, 1.165) is 5.56 Å². The Bertz CT molecular complexity index is 631. The fourth-order valence-corrected chi connectivity index (χ4v) is 1.70. The van der Waals surface area contributed by atoms with Crippen LogP contribution in [0.4, 0.5) is 5.82 Å². The van der Waals surface area contributed by atoms with E-state index in [0.29, 0.717) is 24.5 Å². The molecule has 0 spiro atoms. The third kappa shape index (κ3) is 2.49. The molecule has 1 aromatic heterocycles. The number of nitrogens with two attached hydrogens (primary N) is 1. The van der Waals surface area contributed by atoms with Crippen molar-refractivity contribution in [1.29, 1.82) is 0 Å². The molecule has 2 aromatic rings. The fraction of sp³-hybridized carbons (Fsp3) is 0.167. The molecule has 5 N–H and O–H groups in total. The molecule has 2 rings (SSSR count). The van der Waals surface area contributed by atoms with E-state index in [1.165, 1.54) is 0 Å². The Hall–Kier alpha value is -2.34. The molecule has 18 heavy (non-hydrogen) atoms. The number of anilines is 1. The maximum atomic E-state index is 11.9. The smallest absolute Gasteiger partial charge is 0.327 e.